The summed E-state index contributed by atoms with van der Waals surface area (Å²) in [5, 5.41) is 24.9. The van der Waals surface area contributed by atoms with Crippen LogP contribution in [0.5, 0.6) is 0 Å². The second-order valence-corrected chi connectivity index (χ2v) is 7.75. The van der Waals surface area contributed by atoms with Crippen LogP contribution >= 0.6 is 0 Å². The molecule has 0 saturated heterocycles. The Kier molecular flexibility index (Phi) is 7.04. The van der Waals surface area contributed by atoms with Crippen LogP contribution in [0, 0.1) is 11.8 Å². The fourth-order valence-corrected chi connectivity index (χ4v) is 3.34. The molecule has 176 valence electrons. The maximum atomic E-state index is 11.9. The van der Waals surface area contributed by atoms with E-state index >= 15 is 0 Å². The molecule has 0 aliphatic heterocycles. The van der Waals surface area contributed by atoms with E-state index in [1.54, 1.807) is 43.6 Å². The summed E-state index contributed by atoms with van der Waals surface area (Å²) >= 11 is 0. The molecule has 1 atom stereocenters. The van der Waals surface area contributed by atoms with E-state index < -0.39 is 24.5 Å². The molecule has 4 rings (SSSR count). The average Bonchev–Trinajstić information content (AvgIpc) is 3.52. The first-order valence-corrected chi connectivity index (χ1v) is 10.8. The van der Waals surface area contributed by atoms with Gasteiger partial charge in [-0.25, -0.2) is 4.98 Å². The van der Waals surface area contributed by atoms with Gasteiger partial charge in [-0.05, 0) is 55.5 Å². The van der Waals surface area contributed by atoms with Crippen molar-refractivity contribution in [2.45, 2.75) is 19.6 Å². The fourth-order valence-electron chi connectivity index (χ4n) is 3.34. The summed E-state index contributed by atoms with van der Waals surface area (Å²) in [5.74, 6) is 5.74. The van der Waals surface area contributed by atoms with E-state index in [1.807, 2.05) is 34.9 Å². The van der Waals surface area contributed by atoms with Crippen molar-refractivity contribution in [2.24, 2.45) is 0 Å². The summed E-state index contributed by atoms with van der Waals surface area (Å²) in [7, 11) is 0. The molecule has 0 aliphatic rings. The Balaban J connectivity index is 1.39. The van der Waals surface area contributed by atoms with Gasteiger partial charge in [-0.2, -0.15) is 0 Å². The lowest BCUT2D eigenvalue weighted by molar-refractivity contribution is -0.135. The summed E-state index contributed by atoms with van der Waals surface area (Å²) in [6.07, 6.45) is 2.74. The third-order valence-corrected chi connectivity index (χ3v) is 5.08. The van der Waals surface area contributed by atoms with Gasteiger partial charge in [0.05, 0.1) is 6.54 Å². The number of imidazole rings is 1. The minimum atomic E-state index is -1.10. The van der Waals surface area contributed by atoms with Crippen molar-refractivity contribution in [2.75, 3.05) is 6.54 Å². The molecular formula is C26H22N4O5. The van der Waals surface area contributed by atoms with Gasteiger partial charge >= 0.3 is 5.97 Å². The minimum absolute atomic E-state index is 0.364. The number of hydrogen-bond acceptors (Lipinski definition) is 6. The van der Waals surface area contributed by atoms with Gasteiger partial charge in [-0.3, -0.25) is 9.59 Å². The van der Waals surface area contributed by atoms with Gasteiger partial charge in [0.1, 0.15) is 24.2 Å². The quantitative estimate of drug-likeness (QED) is 0.354. The lowest BCUT2D eigenvalue weighted by Crippen LogP contribution is -2.29. The number of carbonyl (C=O) groups excluding carboxylic acids is 1. The van der Waals surface area contributed by atoms with Gasteiger partial charge < -0.3 is 24.6 Å². The number of hydrogen-bond donors (Lipinski definition) is 3. The van der Waals surface area contributed by atoms with Crippen LogP contribution in [-0.4, -0.2) is 43.3 Å². The molecule has 2 aromatic carbocycles. The highest BCUT2D eigenvalue weighted by Crippen LogP contribution is 2.22. The van der Waals surface area contributed by atoms with Gasteiger partial charge in [0.2, 0.25) is 0 Å². The molecule has 2 heterocycles. The van der Waals surface area contributed by atoms with Crippen molar-refractivity contribution in [3.8, 4) is 23.2 Å². The Labute approximate surface area is 201 Å². The van der Waals surface area contributed by atoms with Crippen molar-refractivity contribution in [1.82, 2.24) is 20.0 Å². The summed E-state index contributed by atoms with van der Waals surface area (Å²) < 4.78 is 7.30. The van der Waals surface area contributed by atoms with Crippen molar-refractivity contribution < 1.29 is 24.3 Å². The molecule has 35 heavy (non-hydrogen) atoms. The molecule has 3 N–H and O–H groups in total. The van der Waals surface area contributed by atoms with E-state index in [9.17, 15) is 14.7 Å². The standard InChI is InChI=1S/C26H22N4O5/c1-17(31)25-27-12-13-30(25)16-22-14-23(35-29-22)20-8-4-18(5-9-20)2-3-19-6-10-21(11-7-19)26(34)28-15-24(32)33/h4-14,17,31H,15-16H2,1H3,(H,28,34)(H,32,33). The topological polar surface area (TPSA) is 130 Å². The summed E-state index contributed by atoms with van der Waals surface area (Å²) in [6, 6.07) is 16.0. The zero-order chi connectivity index (χ0) is 24.8. The maximum Gasteiger partial charge on any atom is 0.322 e. The van der Waals surface area contributed by atoms with E-state index in [0.717, 1.165) is 16.7 Å². The van der Waals surface area contributed by atoms with E-state index in [-0.39, 0.29) is 0 Å². The number of amides is 1. The predicted molar refractivity (Wildman–Crippen MR) is 126 cm³/mol. The third kappa shape index (κ3) is 6.01. The van der Waals surface area contributed by atoms with Crippen LogP contribution in [0.25, 0.3) is 11.3 Å². The lowest BCUT2D eigenvalue weighted by Gasteiger charge is -2.07. The number of nitrogens with zero attached hydrogens (tertiary/aromatic N) is 3. The highest BCUT2D eigenvalue weighted by Gasteiger charge is 2.12. The predicted octanol–water partition coefficient (Wildman–Crippen LogP) is 2.85. The molecule has 0 fully saturated rings. The number of carbonyl (C=O) groups is 2. The second kappa shape index (κ2) is 10.5. The molecule has 0 aliphatic carbocycles. The Morgan fingerprint density at radius 3 is 2.37 bits per heavy atom. The number of aliphatic hydroxyl groups excluding tert-OH is 1. The van der Waals surface area contributed by atoms with Crippen LogP contribution in [-0.2, 0) is 11.3 Å². The van der Waals surface area contributed by atoms with Crippen molar-refractivity contribution >= 4 is 11.9 Å². The number of carboxylic acids is 1. The average molecular weight is 470 g/mol. The van der Waals surface area contributed by atoms with Crippen LogP contribution in [0.4, 0.5) is 0 Å². The molecular weight excluding hydrogens is 448 g/mol. The number of aliphatic hydroxyl groups is 1. The summed E-state index contributed by atoms with van der Waals surface area (Å²) in [6.45, 7) is 1.67. The van der Waals surface area contributed by atoms with Crippen LogP contribution in [0.1, 0.15) is 46.0 Å². The number of rotatable bonds is 7. The largest absolute Gasteiger partial charge is 0.480 e. The van der Waals surface area contributed by atoms with E-state index in [0.29, 0.717) is 29.4 Å². The Hall–Kier alpha value is -4.68. The van der Waals surface area contributed by atoms with Crippen molar-refractivity contribution in [3.63, 3.8) is 0 Å². The molecule has 1 unspecified atom stereocenters. The van der Waals surface area contributed by atoms with Gasteiger partial charge in [-0.1, -0.05) is 17.0 Å². The highest BCUT2D eigenvalue weighted by molar-refractivity contribution is 5.95. The van der Waals surface area contributed by atoms with Crippen LogP contribution in [0.15, 0.2) is 71.5 Å². The molecule has 0 spiro atoms. The first kappa shape index (κ1) is 23.5. The monoisotopic (exact) mass is 470 g/mol. The molecule has 9 nitrogen and oxygen atoms in total. The number of aliphatic carboxylic acids is 1. The molecule has 9 heteroatoms. The highest BCUT2D eigenvalue weighted by atomic mass is 16.5. The number of benzene rings is 2. The number of aromatic nitrogens is 3. The zero-order valence-corrected chi connectivity index (χ0v) is 18.8. The van der Waals surface area contributed by atoms with Crippen LogP contribution in [0.3, 0.4) is 0 Å². The number of nitrogens with one attached hydrogen (secondary N) is 1. The maximum absolute atomic E-state index is 11.9. The summed E-state index contributed by atoms with van der Waals surface area (Å²) in [5.41, 5.74) is 3.45. The smallest absolute Gasteiger partial charge is 0.322 e. The Morgan fingerprint density at radius 2 is 1.74 bits per heavy atom. The van der Waals surface area contributed by atoms with Crippen LogP contribution in [0.2, 0.25) is 0 Å². The fraction of sp³-hybridized carbons (Fsp3) is 0.154. The third-order valence-electron chi connectivity index (χ3n) is 5.08. The molecule has 4 aromatic rings. The minimum Gasteiger partial charge on any atom is -0.480 e. The number of carboxylic acid groups (broad SMARTS) is 1. The second-order valence-electron chi connectivity index (χ2n) is 7.75. The molecule has 0 radical (unpaired) electrons. The van der Waals surface area contributed by atoms with E-state index in [2.05, 4.69) is 27.3 Å². The molecule has 0 saturated carbocycles. The van der Waals surface area contributed by atoms with Crippen molar-refractivity contribution in [1.29, 1.82) is 0 Å². The van der Waals surface area contributed by atoms with E-state index in [4.69, 9.17) is 9.63 Å². The van der Waals surface area contributed by atoms with Gasteiger partial charge in [0.25, 0.3) is 5.91 Å². The lowest BCUT2D eigenvalue weighted by atomic mass is 10.1. The molecule has 0 bridgehead atoms. The van der Waals surface area contributed by atoms with Gasteiger partial charge in [0.15, 0.2) is 5.76 Å². The molecule has 1 amide bonds. The Morgan fingerprint density at radius 1 is 1.09 bits per heavy atom. The van der Waals surface area contributed by atoms with Gasteiger partial charge in [0, 0.05) is 40.7 Å². The van der Waals surface area contributed by atoms with Crippen molar-refractivity contribution in [3.05, 3.63) is 95.2 Å². The first-order chi connectivity index (χ1) is 16.9. The zero-order valence-electron chi connectivity index (χ0n) is 18.8. The summed E-state index contributed by atoms with van der Waals surface area (Å²) in [4.78, 5) is 26.6. The van der Waals surface area contributed by atoms with E-state index in [1.165, 1.54) is 0 Å². The molecule has 2 aromatic heterocycles. The SMILES string of the molecule is CC(O)c1nccn1Cc1cc(-c2ccc(C#Cc3ccc(C(=O)NCC(=O)O)cc3)cc2)on1. The Bertz CT molecular complexity index is 1390. The first-order valence-electron chi connectivity index (χ1n) is 10.8. The van der Waals surface area contributed by atoms with Crippen LogP contribution < -0.4 is 5.32 Å². The van der Waals surface area contributed by atoms with Gasteiger partial charge in [-0.15, -0.1) is 0 Å². The normalized spacial score (nSPS) is 11.4.